The van der Waals surface area contributed by atoms with Gasteiger partial charge < -0.3 is 34.2 Å². The first-order valence-electron chi connectivity index (χ1n) is 42.4. The minimum absolute atomic E-state index is 0.0827. The van der Waals surface area contributed by atoms with Crippen LogP contribution in [0.5, 0.6) is 0 Å². The van der Waals surface area contributed by atoms with Crippen molar-refractivity contribution in [2.75, 3.05) is 39.6 Å². The SMILES string of the molecule is CC/C=C\C/C=C\C/C=C\C/C=C\C/C=C\C/C=C\CCCCCCCCCCC(=O)OCC(O)COP(=O)(O)OCC(O)COP(=O)(O)OCC(COC(=O)CCCCCCCCCCCCC/C=C\C/C=C\C/C=C\C/C=C\CCCCC)OC(=O)CCCCCCCC/C=C\C/C=C\C/C=C\C/C=C\CC. The molecule has 0 aliphatic rings. The molecule has 18 heteroatoms. The molecule has 4 N–H and O–H groups in total. The predicted octanol–water partition coefficient (Wildman–Crippen LogP) is 25.5. The van der Waals surface area contributed by atoms with Crippen molar-refractivity contribution in [1.82, 2.24) is 0 Å². The molecule has 0 heterocycles. The molecule has 109 heavy (non-hydrogen) atoms. The Morgan fingerprint density at radius 1 is 0.266 bits per heavy atom. The Bertz CT molecular complexity index is 2660. The number of aliphatic hydroxyl groups excluding tert-OH is 2. The van der Waals surface area contributed by atoms with E-state index in [4.69, 9.17) is 32.3 Å². The number of hydrogen-bond acceptors (Lipinski definition) is 14. The quantitative estimate of drug-likeness (QED) is 0.0146. The van der Waals surface area contributed by atoms with E-state index in [0.717, 1.165) is 186 Å². The topological polar surface area (TPSA) is 231 Å². The Morgan fingerprint density at radius 2 is 0.486 bits per heavy atom. The maximum Gasteiger partial charge on any atom is 0.472 e. The molecule has 0 aliphatic heterocycles. The molecule has 0 aromatic rings. The molecule has 0 amide bonds. The van der Waals surface area contributed by atoms with E-state index in [1.54, 1.807) is 0 Å². The van der Waals surface area contributed by atoms with Gasteiger partial charge in [-0.15, -0.1) is 0 Å². The zero-order valence-electron chi connectivity index (χ0n) is 68.2. The van der Waals surface area contributed by atoms with Crippen molar-refractivity contribution in [1.29, 1.82) is 0 Å². The van der Waals surface area contributed by atoms with Gasteiger partial charge in [-0.05, 0) is 154 Å². The number of rotatable bonds is 79. The van der Waals surface area contributed by atoms with Crippen molar-refractivity contribution in [2.45, 2.75) is 347 Å². The summed E-state index contributed by atoms with van der Waals surface area (Å²) in [6, 6.07) is 0. The maximum atomic E-state index is 13.0. The monoisotopic (exact) mass is 1560 g/mol. The van der Waals surface area contributed by atoms with Crippen molar-refractivity contribution < 1.29 is 75.8 Å². The highest BCUT2D eigenvalue weighted by Gasteiger charge is 2.29. The molecule has 0 bridgehead atoms. The van der Waals surface area contributed by atoms with E-state index in [0.29, 0.717) is 19.3 Å². The average Bonchev–Trinajstić information content (AvgIpc) is 0.947. The van der Waals surface area contributed by atoms with Crippen LogP contribution in [0.2, 0.25) is 0 Å². The van der Waals surface area contributed by atoms with Crippen molar-refractivity contribution >= 4 is 33.6 Å². The third-order valence-corrected chi connectivity index (χ3v) is 19.3. The maximum absolute atomic E-state index is 13.0. The van der Waals surface area contributed by atoms with E-state index in [9.17, 15) is 43.5 Å². The van der Waals surface area contributed by atoms with E-state index < -0.39 is 91.5 Å². The second kappa shape index (κ2) is 82.4. The van der Waals surface area contributed by atoms with Crippen LogP contribution in [0.3, 0.4) is 0 Å². The zero-order valence-corrected chi connectivity index (χ0v) is 70.0. The molecule has 0 spiro atoms. The van der Waals surface area contributed by atoms with Gasteiger partial charge in [0.2, 0.25) is 0 Å². The number of phosphoric ester groups is 2. The number of ether oxygens (including phenoxy) is 3. The van der Waals surface area contributed by atoms with Gasteiger partial charge in [0.05, 0.1) is 26.4 Å². The zero-order chi connectivity index (χ0) is 79.4. The van der Waals surface area contributed by atoms with Crippen molar-refractivity contribution in [3.63, 3.8) is 0 Å². The highest BCUT2D eigenvalue weighted by atomic mass is 31.2. The van der Waals surface area contributed by atoms with E-state index in [1.165, 1.54) is 83.5 Å². The van der Waals surface area contributed by atoms with Crippen LogP contribution in [0.25, 0.3) is 0 Å². The molecule has 0 saturated heterocycles. The second-order valence-electron chi connectivity index (χ2n) is 27.9. The van der Waals surface area contributed by atoms with Gasteiger partial charge in [0, 0.05) is 19.3 Å². The first-order valence-corrected chi connectivity index (χ1v) is 45.4. The summed E-state index contributed by atoms with van der Waals surface area (Å²) in [6.45, 7) is 2.41. The van der Waals surface area contributed by atoms with Crippen LogP contribution in [0.4, 0.5) is 0 Å². The lowest BCUT2D eigenvalue weighted by Gasteiger charge is -2.21. The largest absolute Gasteiger partial charge is 0.472 e. The minimum atomic E-state index is -4.95. The highest BCUT2D eigenvalue weighted by molar-refractivity contribution is 7.47. The number of unbranched alkanes of at least 4 members (excludes halogenated alkanes) is 28. The summed E-state index contributed by atoms with van der Waals surface area (Å²) in [5.41, 5.74) is 0. The standard InChI is InChI=1S/C91H152O16P2/c1-4-7-10-13-16-19-22-25-28-31-34-36-38-40-42-44-46-48-51-53-56-59-62-65-68-71-74-77-89(94)101-80-86(92)81-103-108(97,98)104-82-87(93)83-105-109(99,100)106-85-88(107-91(96)79-76-73-70-67-64-61-58-55-50-33-30-27-24-21-18-15-12-9-6-3)84-102-90(95)78-75-72-69-66-63-60-57-54-52-49-47-45-43-41-39-37-35-32-29-26-23-20-17-14-11-8-5-2/h7,9-10,12,16-21,25-30,34-37,40-43,46,48,50,55,86-88,92-93H,4-6,8,11,13-15,22-24,31-33,38-39,44-45,47,49,51-54,56-85H2,1-3H3,(H,97,98)(H,99,100)/b10-7-,12-9-,19-16-,20-17-,21-18-,28-25-,29-26-,30-27-,36-34-,37-35-,42-40-,43-41-,48-46-,55-50-. The van der Waals surface area contributed by atoms with Crippen LogP contribution in [0.1, 0.15) is 329 Å². The summed E-state index contributed by atoms with van der Waals surface area (Å²) in [5.74, 6) is -1.60. The molecular weight excluding hydrogens is 1410 g/mol. The summed E-state index contributed by atoms with van der Waals surface area (Å²) in [5, 5.41) is 20.7. The fraction of sp³-hybridized carbons (Fsp3) is 0.659. The molecular formula is C91H152O16P2. The summed E-state index contributed by atoms with van der Waals surface area (Å²) in [6.07, 6.45) is 105. The first kappa shape index (κ1) is 104. The summed E-state index contributed by atoms with van der Waals surface area (Å²) >= 11 is 0. The molecule has 5 atom stereocenters. The van der Waals surface area contributed by atoms with E-state index in [2.05, 4.69) is 191 Å². The Kier molecular flexibility index (Phi) is 78.5. The number of allylic oxidation sites excluding steroid dienone is 28. The van der Waals surface area contributed by atoms with E-state index >= 15 is 0 Å². The average molecular weight is 1560 g/mol. The molecule has 0 aromatic heterocycles. The normalized spacial score (nSPS) is 14.7. The van der Waals surface area contributed by atoms with Gasteiger partial charge in [-0.3, -0.25) is 32.5 Å². The molecule has 0 aromatic carbocycles. The number of aliphatic hydroxyl groups is 2. The lowest BCUT2D eigenvalue weighted by atomic mass is 10.0. The number of carbonyl (C=O) groups excluding carboxylic acids is 3. The molecule has 0 radical (unpaired) electrons. The first-order chi connectivity index (χ1) is 53.2. The number of esters is 3. The fourth-order valence-corrected chi connectivity index (χ4v) is 12.6. The molecule has 0 rings (SSSR count). The van der Waals surface area contributed by atoms with Crippen LogP contribution >= 0.6 is 15.6 Å². The van der Waals surface area contributed by atoms with Gasteiger partial charge >= 0.3 is 33.6 Å². The summed E-state index contributed by atoms with van der Waals surface area (Å²) in [4.78, 5) is 58.9. The van der Waals surface area contributed by atoms with Crippen LogP contribution in [-0.2, 0) is 55.8 Å². The minimum Gasteiger partial charge on any atom is -0.463 e. The fourth-order valence-electron chi connectivity index (χ4n) is 11.0. The van der Waals surface area contributed by atoms with Gasteiger partial charge in [0.1, 0.15) is 25.4 Å². The molecule has 0 saturated carbocycles. The van der Waals surface area contributed by atoms with Gasteiger partial charge in [-0.25, -0.2) is 9.13 Å². The molecule has 5 unspecified atom stereocenters. The van der Waals surface area contributed by atoms with Crippen molar-refractivity contribution in [2.24, 2.45) is 0 Å². The number of phosphoric acid groups is 2. The van der Waals surface area contributed by atoms with Crippen LogP contribution in [0, 0.1) is 0 Å². The van der Waals surface area contributed by atoms with Gasteiger partial charge in [0.15, 0.2) is 6.10 Å². The van der Waals surface area contributed by atoms with Crippen molar-refractivity contribution in [3.05, 3.63) is 170 Å². The highest BCUT2D eigenvalue weighted by Crippen LogP contribution is 2.45. The van der Waals surface area contributed by atoms with Crippen molar-refractivity contribution in [3.8, 4) is 0 Å². The third kappa shape index (κ3) is 83.7. The van der Waals surface area contributed by atoms with Crippen LogP contribution < -0.4 is 0 Å². The third-order valence-electron chi connectivity index (χ3n) is 17.4. The number of hydrogen-bond donors (Lipinski definition) is 4. The Balaban J connectivity index is 4.66. The summed E-state index contributed by atoms with van der Waals surface area (Å²) in [7, 11) is -9.82. The van der Waals surface area contributed by atoms with Gasteiger partial charge in [-0.1, -0.05) is 326 Å². The Labute approximate surface area is 662 Å². The molecule has 16 nitrogen and oxygen atoms in total. The second-order valence-corrected chi connectivity index (χ2v) is 30.8. The number of carbonyl (C=O) groups is 3. The van der Waals surface area contributed by atoms with Gasteiger partial charge in [0.25, 0.3) is 0 Å². The lowest BCUT2D eigenvalue weighted by molar-refractivity contribution is -0.161. The Hall–Kier alpha value is -5.09. The van der Waals surface area contributed by atoms with Gasteiger partial charge in [-0.2, -0.15) is 0 Å². The van der Waals surface area contributed by atoms with Crippen LogP contribution in [0.15, 0.2) is 170 Å². The predicted molar refractivity (Wildman–Crippen MR) is 454 cm³/mol. The smallest absolute Gasteiger partial charge is 0.463 e. The van der Waals surface area contributed by atoms with Crippen LogP contribution in [-0.4, -0.2) is 95.9 Å². The van der Waals surface area contributed by atoms with E-state index in [-0.39, 0.29) is 19.3 Å². The molecule has 0 fully saturated rings. The molecule has 622 valence electrons. The molecule has 0 aliphatic carbocycles. The summed E-state index contributed by atoms with van der Waals surface area (Å²) < 4.78 is 61.3. The Morgan fingerprint density at radius 3 is 0.771 bits per heavy atom. The van der Waals surface area contributed by atoms with E-state index in [1.807, 2.05) is 0 Å². The lowest BCUT2D eigenvalue weighted by Crippen LogP contribution is -2.30.